The van der Waals surface area contributed by atoms with Crippen molar-refractivity contribution in [1.82, 2.24) is 4.57 Å². The number of aryl methyl sites for hydroxylation is 2. The molecule has 0 saturated carbocycles. The molecular formula is C12H13NO4S. The number of carbonyl (C=O) groups is 1. The van der Waals surface area contributed by atoms with Crippen LogP contribution in [0.2, 0.25) is 0 Å². The number of pyridine rings is 1. The number of esters is 1. The number of aromatic nitrogens is 1. The van der Waals surface area contributed by atoms with E-state index in [2.05, 4.69) is 0 Å². The van der Waals surface area contributed by atoms with Crippen LogP contribution in [-0.4, -0.2) is 22.2 Å². The van der Waals surface area contributed by atoms with Gasteiger partial charge in [-0.05, 0) is 24.8 Å². The van der Waals surface area contributed by atoms with Crippen LogP contribution >= 0.6 is 11.3 Å². The van der Waals surface area contributed by atoms with Crippen molar-refractivity contribution in [3.8, 4) is 5.75 Å². The summed E-state index contributed by atoms with van der Waals surface area (Å²) in [6.07, 6.45) is 0. The molecule has 2 heterocycles. The minimum absolute atomic E-state index is 0.156. The monoisotopic (exact) mass is 267 g/mol. The molecule has 0 aliphatic rings. The molecule has 0 radical (unpaired) electrons. The first kappa shape index (κ1) is 12.6. The van der Waals surface area contributed by atoms with E-state index in [0.717, 1.165) is 5.56 Å². The Balaban J connectivity index is 2.84. The number of nitrogens with zero attached hydrogens (tertiary/aromatic N) is 1. The molecule has 0 saturated heterocycles. The molecule has 0 aromatic carbocycles. The fourth-order valence-electron chi connectivity index (χ4n) is 1.89. The van der Waals surface area contributed by atoms with Crippen molar-refractivity contribution in [3.63, 3.8) is 0 Å². The quantitative estimate of drug-likeness (QED) is 0.842. The molecule has 2 rings (SSSR count). The standard InChI is InChI=1S/C12H13NO4S/c1-4-17-12(16)7-9(14)10-8(6(2)5-18-10)13(3)11(7)15/h5,14H,4H2,1-3H3. The number of ether oxygens (including phenoxy) is 1. The molecule has 0 fully saturated rings. The van der Waals surface area contributed by atoms with Gasteiger partial charge in [0, 0.05) is 7.05 Å². The normalized spacial score (nSPS) is 10.8. The Morgan fingerprint density at radius 1 is 1.56 bits per heavy atom. The van der Waals surface area contributed by atoms with E-state index < -0.39 is 11.5 Å². The number of aromatic hydroxyl groups is 1. The summed E-state index contributed by atoms with van der Waals surface area (Å²) in [4.78, 5) is 23.8. The average molecular weight is 267 g/mol. The van der Waals surface area contributed by atoms with E-state index in [1.165, 1.54) is 15.9 Å². The highest BCUT2D eigenvalue weighted by Crippen LogP contribution is 2.33. The molecular weight excluding hydrogens is 254 g/mol. The second kappa shape index (κ2) is 4.45. The van der Waals surface area contributed by atoms with Gasteiger partial charge in [0.05, 0.1) is 16.8 Å². The summed E-state index contributed by atoms with van der Waals surface area (Å²) in [5.74, 6) is -1.08. The van der Waals surface area contributed by atoms with Crippen LogP contribution in [0, 0.1) is 6.92 Å². The summed E-state index contributed by atoms with van der Waals surface area (Å²) in [6, 6.07) is 0. The van der Waals surface area contributed by atoms with Crippen molar-refractivity contribution >= 4 is 27.5 Å². The predicted octanol–water partition coefficient (Wildman–Crippen LogP) is 1.79. The van der Waals surface area contributed by atoms with Crippen LogP contribution in [-0.2, 0) is 11.8 Å². The lowest BCUT2D eigenvalue weighted by Gasteiger charge is -2.08. The third-order valence-corrected chi connectivity index (χ3v) is 3.82. The first-order valence-electron chi connectivity index (χ1n) is 5.45. The molecule has 6 heteroatoms. The van der Waals surface area contributed by atoms with Crippen LogP contribution in [0.3, 0.4) is 0 Å². The third-order valence-electron chi connectivity index (χ3n) is 2.73. The summed E-state index contributed by atoms with van der Waals surface area (Å²) in [5.41, 5.74) is 0.699. The van der Waals surface area contributed by atoms with Gasteiger partial charge in [-0.15, -0.1) is 11.3 Å². The van der Waals surface area contributed by atoms with Gasteiger partial charge in [-0.1, -0.05) is 0 Å². The smallest absolute Gasteiger partial charge is 0.347 e. The number of hydrogen-bond acceptors (Lipinski definition) is 5. The zero-order valence-corrected chi connectivity index (χ0v) is 11.1. The molecule has 5 nitrogen and oxygen atoms in total. The van der Waals surface area contributed by atoms with Crippen molar-refractivity contribution in [3.05, 3.63) is 26.9 Å². The molecule has 0 spiro atoms. The third kappa shape index (κ3) is 1.69. The maximum absolute atomic E-state index is 12.1. The lowest BCUT2D eigenvalue weighted by atomic mass is 10.2. The highest BCUT2D eigenvalue weighted by Gasteiger charge is 2.23. The van der Waals surface area contributed by atoms with Crippen molar-refractivity contribution in [2.45, 2.75) is 13.8 Å². The Morgan fingerprint density at radius 2 is 2.22 bits per heavy atom. The Hall–Kier alpha value is -1.82. The topological polar surface area (TPSA) is 68.5 Å². The highest BCUT2D eigenvalue weighted by molar-refractivity contribution is 7.17. The summed E-state index contributed by atoms with van der Waals surface area (Å²) in [7, 11) is 1.58. The van der Waals surface area contributed by atoms with E-state index in [1.807, 2.05) is 12.3 Å². The summed E-state index contributed by atoms with van der Waals surface area (Å²) in [6.45, 7) is 3.65. The molecule has 2 aromatic rings. The Bertz CT molecular complexity index is 683. The van der Waals surface area contributed by atoms with Gasteiger partial charge in [-0.3, -0.25) is 4.79 Å². The van der Waals surface area contributed by atoms with Crippen molar-refractivity contribution in [2.75, 3.05) is 6.61 Å². The highest BCUT2D eigenvalue weighted by atomic mass is 32.1. The number of hydrogen-bond donors (Lipinski definition) is 1. The van der Waals surface area contributed by atoms with Crippen molar-refractivity contribution < 1.29 is 14.6 Å². The van der Waals surface area contributed by atoms with Crippen LogP contribution in [0.25, 0.3) is 10.2 Å². The first-order valence-corrected chi connectivity index (χ1v) is 6.33. The zero-order valence-electron chi connectivity index (χ0n) is 10.3. The second-order valence-corrected chi connectivity index (χ2v) is 4.78. The fourth-order valence-corrected chi connectivity index (χ4v) is 2.92. The van der Waals surface area contributed by atoms with E-state index >= 15 is 0 Å². The van der Waals surface area contributed by atoms with Gasteiger partial charge in [0.15, 0.2) is 11.3 Å². The van der Waals surface area contributed by atoms with Crippen LogP contribution in [0.4, 0.5) is 0 Å². The van der Waals surface area contributed by atoms with E-state index in [4.69, 9.17) is 4.74 Å². The lowest BCUT2D eigenvalue weighted by Crippen LogP contribution is -2.25. The predicted molar refractivity (Wildman–Crippen MR) is 69.4 cm³/mol. The molecule has 0 atom stereocenters. The van der Waals surface area contributed by atoms with Crippen LogP contribution in [0.1, 0.15) is 22.8 Å². The molecule has 96 valence electrons. The molecule has 0 unspecified atom stereocenters. The minimum Gasteiger partial charge on any atom is -0.505 e. The molecule has 1 N–H and O–H groups in total. The SMILES string of the molecule is CCOC(=O)c1c(O)c2scc(C)c2n(C)c1=O. The van der Waals surface area contributed by atoms with Gasteiger partial charge in [0.1, 0.15) is 0 Å². The van der Waals surface area contributed by atoms with Crippen LogP contribution < -0.4 is 5.56 Å². The summed E-state index contributed by atoms with van der Waals surface area (Å²) >= 11 is 1.30. The van der Waals surface area contributed by atoms with Gasteiger partial charge in [-0.2, -0.15) is 0 Å². The Labute approximate surface area is 107 Å². The Morgan fingerprint density at radius 3 is 2.83 bits per heavy atom. The van der Waals surface area contributed by atoms with Crippen molar-refractivity contribution in [2.24, 2.45) is 7.05 Å². The maximum Gasteiger partial charge on any atom is 0.347 e. The van der Waals surface area contributed by atoms with E-state index in [1.54, 1.807) is 14.0 Å². The lowest BCUT2D eigenvalue weighted by molar-refractivity contribution is 0.0520. The van der Waals surface area contributed by atoms with Gasteiger partial charge < -0.3 is 14.4 Å². The molecule has 0 amide bonds. The minimum atomic E-state index is -0.788. The number of carbonyl (C=O) groups excluding carboxylic acids is 1. The first-order chi connectivity index (χ1) is 8.49. The maximum atomic E-state index is 12.1. The molecule has 18 heavy (non-hydrogen) atoms. The van der Waals surface area contributed by atoms with E-state index in [-0.39, 0.29) is 17.9 Å². The van der Waals surface area contributed by atoms with Gasteiger partial charge >= 0.3 is 5.97 Å². The summed E-state index contributed by atoms with van der Waals surface area (Å²) in [5, 5.41) is 11.9. The van der Waals surface area contributed by atoms with Gasteiger partial charge in [-0.25, -0.2) is 4.79 Å². The van der Waals surface area contributed by atoms with Gasteiger partial charge in [0.25, 0.3) is 5.56 Å². The van der Waals surface area contributed by atoms with Gasteiger partial charge in [0.2, 0.25) is 0 Å². The molecule has 0 aliphatic carbocycles. The van der Waals surface area contributed by atoms with E-state index in [9.17, 15) is 14.7 Å². The van der Waals surface area contributed by atoms with Crippen LogP contribution in [0.5, 0.6) is 5.75 Å². The van der Waals surface area contributed by atoms with E-state index in [0.29, 0.717) is 10.2 Å². The van der Waals surface area contributed by atoms with Crippen LogP contribution in [0.15, 0.2) is 10.2 Å². The molecule has 2 aromatic heterocycles. The number of thiophene rings is 1. The summed E-state index contributed by atoms with van der Waals surface area (Å²) < 4.78 is 6.69. The largest absolute Gasteiger partial charge is 0.505 e. The number of rotatable bonds is 2. The molecule has 0 bridgehead atoms. The molecule has 0 aliphatic heterocycles. The average Bonchev–Trinajstić information content (AvgIpc) is 2.69. The van der Waals surface area contributed by atoms with Crippen molar-refractivity contribution in [1.29, 1.82) is 0 Å². The Kier molecular flexibility index (Phi) is 3.13. The second-order valence-electron chi connectivity index (χ2n) is 3.90. The number of fused-ring (bicyclic) bond motifs is 1. The zero-order chi connectivity index (χ0) is 13.4. The fraction of sp³-hybridized carbons (Fsp3) is 0.333.